The number of rotatable bonds is 4. The van der Waals surface area contributed by atoms with Gasteiger partial charge in [-0.15, -0.1) is 12.4 Å². The Labute approximate surface area is 137 Å². The van der Waals surface area contributed by atoms with Crippen molar-refractivity contribution in [1.82, 2.24) is 0 Å². The normalized spacial score (nSPS) is 14.0. The van der Waals surface area contributed by atoms with Gasteiger partial charge in [-0.05, 0) is 23.3 Å². The highest BCUT2D eigenvalue weighted by Crippen LogP contribution is 2.33. The predicted octanol–water partition coefficient (Wildman–Crippen LogP) is 3.87. The Balaban J connectivity index is 0.00000264. The van der Waals surface area contributed by atoms with Crippen LogP contribution in [0, 0.1) is 5.82 Å². The maximum atomic E-state index is 13.3. The van der Waals surface area contributed by atoms with Gasteiger partial charge in [0.15, 0.2) is 0 Å². The second-order valence-electron chi connectivity index (χ2n) is 5.02. The molecule has 0 amide bonds. The van der Waals surface area contributed by atoms with Crippen molar-refractivity contribution in [3.63, 3.8) is 0 Å². The van der Waals surface area contributed by atoms with Crippen molar-refractivity contribution < 1.29 is 22.7 Å². The lowest BCUT2D eigenvalue weighted by Gasteiger charge is -2.20. The van der Waals surface area contributed by atoms with Gasteiger partial charge in [0.2, 0.25) is 0 Å². The quantitative estimate of drug-likeness (QED) is 0.823. The van der Waals surface area contributed by atoms with Crippen molar-refractivity contribution in [3.05, 3.63) is 71.0 Å². The van der Waals surface area contributed by atoms with Crippen LogP contribution in [0.2, 0.25) is 0 Å². The highest BCUT2D eigenvalue weighted by molar-refractivity contribution is 5.85. The molecule has 0 saturated carbocycles. The smallest absolute Gasteiger partial charge is 0.391 e. The third-order valence-corrected chi connectivity index (χ3v) is 3.38. The van der Waals surface area contributed by atoms with Crippen molar-refractivity contribution >= 4 is 12.4 Å². The van der Waals surface area contributed by atoms with Crippen molar-refractivity contribution in [2.75, 3.05) is 0 Å². The Morgan fingerprint density at radius 2 is 1.65 bits per heavy atom. The second kappa shape index (κ2) is 7.77. The molecule has 0 aromatic heterocycles. The number of alkyl halides is 3. The van der Waals surface area contributed by atoms with Crippen LogP contribution in [0.25, 0.3) is 0 Å². The van der Waals surface area contributed by atoms with E-state index in [0.29, 0.717) is 12.1 Å². The lowest BCUT2D eigenvalue weighted by atomic mass is 9.95. The molecule has 3 N–H and O–H groups in total. The highest BCUT2D eigenvalue weighted by Gasteiger charge is 2.35. The third-order valence-electron chi connectivity index (χ3n) is 3.38. The van der Waals surface area contributed by atoms with Gasteiger partial charge in [-0.2, -0.15) is 13.2 Å². The Morgan fingerprint density at radius 3 is 2.22 bits per heavy atom. The molecule has 2 nitrogen and oxygen atoms in total. The lowest BCUT2D eigenvalue weighted by molar-refractivity contribution is -0.140. The van der Waals surface area contributed by atoms with Crippen LogP contribution in [0.4, 0.5) is 17.6 Å². The van der Waals surface area contributed by atoms with E-state index in [1.54, 1.807) is 24.3 Å². The van der Waals surface area contributed by atoms with Gasteiger partial charge < -0.3 is 10.8 Å². The molecule has 0 heterocycles. The van der Waals surface area contributed by atoms with Crippen molar-refractivity contribution in [3.8, 4) is 0 Å². The molecule has 0 spiro atoms. The van der Waals surface area contributed by atoms with E-state index in [-0.39, 0.29) is 24.4 Å². The van der Waals surface area contributed by atoms with Crippen LogP contribution < -0.4 is 5.73 Å². The SMILES string of the molecule is Cl.N[C@@H](c1ccc(F)c(C(F)(F)F)c1)[C@H](O)Cc1ccccc1. The molecule has 0 unspecified atom stereocenters. The van der Waals surface area contributed by atoms with Crippen LogP contribution in [0.1, 0.15) is 22.7 Å². The summed E-state index contributed by atoms with van der Waals surface area (Å²) < 4.78 is 51.3. The Bertz CT molecular complexity index is 634. The maximum absolute atomic E-state index is 13.3. The van der Waals surface area contributed by atoms with Crippen molar-refractivity contribution in [2.45, 2.75) is 24.7 Å². The minimum Gasteiger partial charge on any atom is -0.391 e. The molecule has 0 saturated heterocycles. The molecular formula is C16H16ClF4NO. The zero-order valence-electron chi connectivity index (χ0n) is 11.9. The molecule has 2 aromatic rings. The predicted molar refractivity (Wildman–Crippen MR) is 81.7 cm³/mol. The van der Waals surface area contributed by atoms with Gasteiger partial charge in [-0.3, -0.25) is 0 Å². The van der Waals surface area contributed by atoms with Crippen LogP contribution in [-0.2, 0) is 12.6 Å². The Hall–Kier alpha value is -1.63. The summed E-state index contributed by atoms with van der Waals surface area (Å²) in [6, 6.07) is 10.4. The fourth-order valence-corrected chi connectivity index (χ4v) is 2.17. The minimum atomic E-state index is -4.80. The molecule has 2 aromatic carbocycles. The van der Waals surface area contributed by atoms with E-state index in [1.807, 2.05) is 6.07 Å². The molecule has 2 atom stereocenters. The van der Waals surface area contributed by atoms with Crippen LogP contribution in [-0.4, -0.2) is 11.2 Å². The molecular weight excluding hydrogens is 334 g/mol. The van der Waals surface area contributed by atoms with E-state index in [0.717, 1.165) is 11.6 Å². The summed E-state index contributed by atoms with van der Waals surface area (Å²) >= 11 is 0. The van der Waals surface area contributed by atoms with Crippen LogP contribution in [0.15, 0.2) is 48.5 Å². The van der Waals surface area contributed by atoms with Gasteiger partial charge in [0.1, 0.15) is 5.82 Å². The van der Waals surface area contributed by atoms with E-state index in [1.165, 1.54) is 0 Å². The molecule has 0 bridgehead atoms. The molecule has 126 valence electrons. The summed E-state index contributed by atoms with van der Waals surface area (Å²) in [5.41, 5.74) is 5.27. The second-order valence-corrected chi connectivity index (χ2v) is 5.02. The molecule has 0 fully saturated rings. The number of aliphatic hydroxyl groups is 1. The summed E-state index contributed by atoms with van der Waals surface area (Å²) in [6.07, 6.45) is -5.68. The fourth-order valence-electron chi connectivity index (χ4n) is 2.17. The van der Waals surface area contributed by atoms with Gasteiger partial charge in [-0.25, -0.2) is 4.39 Å². The average Bonchev–Trinajstić information content (AvgIpc) is 2.47. The highest BCUT2D eigenvalue weighted by atomic mass is 35.5. The number of halogens is 5. The Morgan fingerprint density at radius 1 is 1.04 bits per heavy atom. The van der Waals surface area contributed by atoms with Crippen LogP contribution in [0.3, 0.4) is 0 Å². The molecule has 23 heavy (non-hydrogen) atoms. The monoisotopic (exact) mass is 349 g/mol. The number of aliphatic hydroxyl groups excluding tert-OH is 1. The molecule has 0 aliphatic heterocycles. The number of hydrogen-bond donors (Lipinski definition) is 2. The van der Waals surface area contributed by atoms with Crippen LogP contribution >= 0.6 is 12.4 Å². The molecule has 0 radical (unpaired) electrons. The Kier molecular flexibility index (Phi) is 6.56. The number of nitrogens with two attached hydrogens (primary N) is 1. The van der Waals surface area contributed by atoms with Gasteiger partial charge in [0, 0.05) is 6.42 Å². The van der Waals surface area contributed by atoms with Gasteiger partial charge in [0.25, 0.3) is 0 Å². The van der Waals surface area contributed by atoms with E-state index in [2.05, 4.69) is 0 Å². The topological polar surface area (TPSA) is 46.2 Å². The zero-order chi connectivity index (χ0) is 16.3. The summed E-state index contributed by atoms with van der Waals surface area (Å²) in [5, 5.41) is 10.1. The van der Waals surface area contributed by atoms with Gasteiger partial charge >= 0.3 is 6.18 Å². The first kappa shape index (κ1) is 19.4. The molecule has 0 aliphatic carbocycles. The van der Waals surface area contributed by atoms with Crippen molar-refractivity contribution in [1.29, 1.82) is 0 Å². The number of benzene rings is 2. The summed E-state index contributed by atoms with van der Waals surface area (Å²) in [4.78, 5) is 0. The summed E-state index contributed by atoms with van der Waals surface area (Å²) in [6.45, 7) is 0. The van der Waals surface area contributed by atoms with Gasteiger partial charge in [0.05, 0.1) is 17.7 Å². The first-order valence-electron chi connectivity index (χ1n) is 6.63. The minimum absolute atomic E-state index is 0. The number of hydrogen-bond acceptors (Lipinski definition) is 2. The summed E-state index contributed by atoms with van der Waals surface area (Å²) in [5.74, 6) is -1.36. The van der Waals surface area contributed by atoms with Crippen LogP contribution in [0.5, 0.6) is 0 Å². The largest absolute Gasteiger partial charge is 0.419 e. The first-order chi connectivity index (χ1) is 10.3. The van der Waals surface area contributed by atoms with E-state index in [9.17, 15) is 22.7 Å². The van der Waals surface area contributed by atoms with Crippen molar-refractivity contribution in [2.24, 2.45) is 5.73 Å². The van der Waals surface area contributed by atoms with E-state index >= 15 is 0 Å². The fraction of sp³-hybridized carbons (Fsp3) is 0.250. The molecule has 0 aliphatic rings. The lowest BCUT2D eigenvalue weighted by Crippen LogP contribution is -2.28. The standard InChI is InChI=1S/C16H15F4NO.ClH/c17-13-7-6-11(9-12(13)16(18,19)20)15(21)14(22)8-10-4-2-1-3-5-10;/h1-7,9,14-15,22H,8,21H2;1H/t14-,15+;/m1./s1. The van der Waals surface area contributed by atoms with Gasteiger partial charge in [-0.1, -0.05) is 36.4 Å². The average molecular weight is 350 g/mol. The van der Waals surface area contributed by atoms with E-state index < -0.39 is 29.7 Å². The zero-order valence-corrected chi connectivity index (χ0v) is 12.7. The maximum Gasteiger partial charge on any atom is 0.419 e. The summed E-state index contributed by atoms with van der Waals surface area (Å²) in [7, 11) is 0. The first-order valence-corrected chi connectivity index (χ1v) is 6.63. The molecule has 7 heteroatoms. The van der Waals surface area contributed by atoms with E-state index in [4.69, 9.17) is 5.73 Å². The molecule has 2 rings (SSSR count). The third kappa shape index (κ3) is 4.92.